The monoisotopic (exact) mass is 282 g/mol. The minimum atomic E-state index is 0.472. The molecule has 0 saturated heterocycles. The van der Waals surface area contributed by atoms with Crippen molar-refractivity contribution in [3.05, 3.63) is 52.5 Å². The third-order valence-corrected chi connectivity index (χ3v) is 3.00. The van der Waals surface area contributed by atoms with E-state index in [0.717, 1.165) is 11.5 Å². The Labute approximate surface area is 116 Å². The second-order valence-electron chi connectivity index (χ2n) is 3.58. The van der Waals surface area contributed by atoms with Crippen LogP contribution < -0.4 is 9.47 Å². The second-order valence-corrected chi connectivity index (χ2v) is 4.40. The van der Waals surface area contributed by atoms with E-state index in [4.69, 9.17) is 32.7 Å². The summed E-state index contributed by atoms with van der Waals surface area (Å²) in [6.45, 7) is 2.59. The summed E-state index contributed by atoms with van der Waals surface area (Å²) in [7, 11) is 0. The highest BCUT2D eigenvalue weighted by molar-refractivity contribution is 6.42. The minimum absolute atomic E-state index is 0.472. The third kappa shape index (κ3) is 3.31. The molecule has 4 heteroatoms. The van der Waals surface area contributed by atoms with Crippen LogP contribution in [0, 0.1) is 0 Å². The van der Waals surface area contributed by atoms with Crippen LogP contribution in [0.15, 0.2) is 42.5 Å². The van der Waals surface area contributed by atoms with Crippen molar-refractivity contribution in [1.82, 2.24) is 0 Å². The number of hydrogen-bond acceptors (Lipinski definition) is 2. The second kappa shape index (κ2) is 5.98. The Balaban J connectivity index is 2.10. The maximum atomic E-state index is 5.91. The Kier molecular flexibility index (Phi) is 4.34. The van der Waals surface area contributed by atoms with Crippen LogP contribution >= 0.6 is 23.2 Å². The van der Waals surface area contributed by atoms with E-state index in [1.54, 1.807) is 18.2 Å². The van der Waals surface area contributed by atoms with E-state index < -0.39 is 0 Å². The van der Waals surface area contributed by atoms with Gasteiger partial charge in [0.15, 0.2) is 0 Å². The molecule has 2 aromatic rings. The van der Waals surface area contributed by atoms with Gasteiger partial charge in [0.1, 0.15) is 17.2 Å². The molecule has 0 aliphatic carbocycles. The third-order valence-electron chi connectivity index (χ3n) is 2.26. The fraction of sp³-hybridized carbons (Fsp3) is 0.143. The molecule has 0 bridgehead atoms. The molecule has 18 heavy (non-hydrogen) atoms. The van der Waals surface area contributed by atoms with E-state index in [2.05, 4.69) is 0 Å². The normalized spacial score (nSPS) is 10.2. The summed E-state index contributed by atoms with van der Waals surface area (Å²) in [6.07, 6.45) is 0. The van der Waals surface area contributed by atoms with Crippen LogP contribution in [0.25, 0.3) is 0 Å². The molecule has 0 N–H and O–H groups in total. The SMILES string of the molecule is CCOc1ccc(Oc2ccc(Cl)c(Cl)c2)cc1. The first-order chi connectivity index (χ1) is 8.69. The van der Waals surface area contributed by atoms with Crippen molar-refractivity contribution in [2.45, 2.75) is 6.92 Å². The molecule has 2 nitrogen and oxygen atoms in total. The number of benzene rings is 2. The first-order valence-electron chi connectivity index (χ1n) is 5.55. The molecule has 0 radical (unpaired) electrons. The van der Waals surface area contributed by atoms with E-state index >= 15 is 0 Å². The lowest BCUT2D eigenvalue weighted by Crippen LogP contribution is -1.91. The highest BCUT2D eigenvalue weighted by Gasteiger charge is 2.02. The Hall–Kier alpha value is -1.38. The predicted molar refractivity (Wildman–Crippen MR) is 74.1 cm³/mol. The molecule has 0 aromatic heterocycles. The Morgan fingerprint density at radius 2 is 1.44 bits per heavy atom. The van der Waals surface area contributed by atoms with Crippen LogP contribution in [-0.2, 0) is 0 Å². The van der Waals surface area contributed by atoms with E-state index in [9.17, 15) is 0 Å². The summed E-state index contributed by atoms with van der Waals surface area (Å²) in [4.78, 5) is 0. The van der Waals surface area contributed by atoms with Gasteiger partial charge in [-0.3, -0.25) is 0 Å². The van der Waals surface area contributed by atoms with E-state index in [0.29, 0.717) is 22.4 Å². The van der Waals surface area contributed by atoms with Gasteiger partial charge in [0.25, 0.3) is 0 Å². The molecule has 0 spiro atoms. The molecule has 0 aliphatic rings. The van der Waals surface area contributed by atoms with Crippen LogP contribution in [-0.4, -0.2) is 6.61 Å². The van der Waals surface area contributed by atoms with Crippen LogP contribution in [0.5, 0.6) is 17.2 Å². The molecule has 0 atom stereocenters. The molecule has 2 rings (SSSR count). The van der Waals surface area contributed by atoms with Crippen LogP contribution in [0.2, 0.25) is 10.0 Å². The number of halogens is 2. The van der Waals surface area contributed by atoms with Crippen molar-refractivity contribution < 1.29 is 9.47 Å². The lowest BCUT2D eigenvalue weighted by molar-refractivity contribution is 0.339. The molecule has 2 aromatic carbocycles. The molecular weight excluding hydrogens is 271 g/mol. The highest BCUT2D eigenvalue weighted by atomic mass is 35.5. The Morgan fingerprint density at radius 3 is 2.06 bits per heavy atom. The summed E-state index contributed by atoms with van der Waals surface area (Å²) in [5.74, 6) is 2.18. The Morgan fingerprint density at radius 1 is 0.833 bits per heavy atom. The highest BCUT2D eigenvalue weighted by Crippen LogP contribution is 2.30. The average molecular weight is 283 g/mol. The lowest BCUT2D eigenvalue weighted by Gasteiger charge is -2.08. The predicted octanol–water partition coefficient (Wildman–Crippen LogP) is 5.18. The number of ether oxygens (including phenoxy) is 2. The van der Waals surface area contributed by atoms with Gasteiger partial charge in [-0.2, -0.15) is 0 Å². The minimum Gasteiger partial charge on any atom is -0.494 e. The zero-order chi connectivity index (χ0) is 13.0. The number of rotatable bonds is 4. The molecular formula is C14H12Cl2O2. The zero-order valence-electron chi connectivity index (χ0n) is 9.82. The van der Waals surface area contributed by atoms with Crippen LogP contribution in [0.3, 0.4) is 0 Å². The lowest BCUT2D eigenvalue weighted by atomic mass is 10.3. The van der Waals surface area contributed by atoms with Gasteiger partial charge < -0.3 is 9.47 Å². The maximum Gasteiger partial charge on any atom is 0.129 e. The van der Waals surface area contributed by atoms with Crippen molar-refractivity contribution in [3.8, 4) is 17.2 Å². The molecule has 0 fully saturated rings. The number of hydrogen-bond donors (Lipinski definition) is 0. The van der Waals surface area contributed by atoms with Gasteiger partial charge in [-0.1, -0.05) is 23.2 Å². The van der Waals surface area contributed by atoms with Crippen molar-refractivity contribution >= 4 is 23.2 Å². The van der Waals surface area contributed by atoms with Gasteiger partial charge in [-0.15, -0.1) is 0 Å². The van der Waals surface area contributed by atoms with Crippen molar-refractivity contribution in [3.63, 3.8) is 0 Å². The smallest absolute Gasteiger partial charge is 0.129 e. The van der Waals surface area contributed by atoms with Crippen molar-refractivity contribution in [2.24, 2.45) is 0 Å². The standard InChI is InChI=1S/C14H12Cl2O2/c1-2-17-10-3-5-11(6-4-10)18-12-7-8-13(15)14(16)9-12/h3-9H,2H2,1H3. The van der Waals surface area contributed by atoms with E-state index in [1.165, 1.54) is 0 Å². The molecule has 0 aliphatic heterocycles. The summed E-state index contributed by atoms with van der Waals surface area (Å²) in [5, 5.41) is 0.982. The molecule has 0 unspecified atom stereocenters. The first-order valence-corrected chi connectivity index (χ1v) is 6.30. The molecule has 94 valence electrons. The van der Waals surface area contributed by atoms with Gasteiger partial charge in [0.05, 0.1) is 16.7 Å². The molecule has 0 saturated carbocycles. The van der Waals surface area contributed by atoms with E-state index in [1.807, 2.05) is 31.2 Å². The van der Waals surface area contributed by atoms with Gasteiger partial charge in [0.2, 0.25) is 0 Å². The summed E-state index contributed by atoms with van der Waals surface area (Å²) >= 11 is 11.7. The average Bonchev–Trinajstić information content (AvgIpc) is 2.37. The van der Waals surface area contributed by atoms with Gasteiger partial charge in [-0.25, -0.2) is 0 Å². The van der Waals surface area contributed by atoms with Gasteiger partial charge in [-0.05, 0) is 43.3 Å². The first kappa shape index (κ1) is 13.1. The Bertz CT molecular complexity index is 524. The largest absolute Gasteiger partial charge is 0.494 e. The topological polar surface area (TPSA) is 18.5 Å². The van der Waals surface area contributed by atoms with Crippen molar-refractivity contribution in [2.75, 3.05) is 6.61 Å². The van der Waals surface area contributed by atoms with Gasteiger partial charge in [0, 0.05) is 6.07 Å². The zero-order valence-corrected chi connectivity index (χ0v) is 11.3. The van der Waals surface area contributed by atoms with E-state index in [-0.39, 0.29) is 0 Å². The van der Waals surface area contributed by atoms with Gasteiger partial charge >= 0.3 is 0 Å². The summed E-state index contributed by atoms with van der Waals surface area (Å²) in [6, 6.07) is 12.5. The van der Waals surface area contributed by atoms with Crippen LogP contribution in [0.1, 0.15) is 6.92 Å². The summed E-state index contributed by atoms with van der Waals surface area (Å²) in [5.41, 5.74) is 0. The fourth-order valence-electron chi connectivity index (χ4n) is 1.45. The maximum absolute atomic E-state index is 5.91. The molecule has 0 amide bonds. The van der Waals surface area contributed by atoms with Crippen LogP contribution in [0.4, 0.5) is 0 Å². The quantitative estimate of drug-likeness (QED) is 0.769. The molecule has 0 heterocycles. The summed E-state index contributed by atoms with van der Waals surface area (Å²) < 4.78 is 11.0. The fourth-order valence-corrected chi connectivity index (χ4v) is 1.74. The van der Waals surface area contributed by atoms with Crippen molar-refractivity contribution in [1.29, 1.82) is 0 Å².